The predicted octanol–water partition coefficient (Wildman–Crippen LogP) is 1.68. The summed E-state index contributed by atoms with van der Waals surface area (Å²) in [4.78, 5) is 1.02. The molecule has 2 heterocycles. The maximum atomic E-state index is 12.2. The van der Waals surface area contributed by atoms with Gasteiger partial charge in [0.05, 0.1) is 6.20 Å². The van der Waals surface area contributed by atoms with Crippen molar-refractivity contribution in [2.45, 2.75) is 18.5 Å². The first-order valence-electron chi connectivity index (χ1n) is 5.16. The molecule has 2 aromatic rings. The zero-order valence-corrected chi connectivity index (χ0v) is 11.0. The van der Waals surface area contributed by atoms with Crippen LogP contribution in [0.4, 0.5) is 0 Å². The van der Waals surface area contributed by atoms with Gasteiger partial charge in [-0.1, -0.05) is 13.0 Å². The first-order chi connectivity index (χ1) is 8.14. The second-order valence-corrected chi connectivity index (χ2v) is 6.37. The average Bonchev–Trinajstić information content (AvgIpc) is 2.98. The Kier molecular flexibility index (Phi) is 3.60. The fourth-order valence-electron chi connectivity index (χ4n) is 1.47. The van der Waals surface area contributed by atoms with Gasteiger partial charge in [0.25, 0.3) is 10.0 Å². The van der Waals surface area contributed by atoms with E-state index in [0.29, 0.717) is 13.1 Å². The summed E-state index contributed by atoms with van der Waals surface area (Å²) in [5.41, 5.74) is 0. The summed E-state index contributed by atoms with van der Waals surface area (Å²) in [6.45, 7) is 2.65. The van der Waals surface area contributed by atoms with Crippen LogP contribution in [-0.2, 0) is 16.6 Å². The number of aromatic nitrogens is 2. The van der Waals surface area contributed by atoms with E-state index in [1.165, 1.54) is 16.6 Å². The van der Waals surface area contributed by atoms with Gasteiger partial charge >= 0.3 is 0 Å². The molecule has 0 fully saturated rings. The molecule has 0 aromatic carbocycles. The van der Waals surface area contributed by atoms with Crippen LogP contribution in [0.1, 0.15) is 11.8 Å². The predicted molar refractivity (Wildman–Crippen MR) is 66.2 cm³/mol. The highest BCUT2D eigenvalue weighted by Crippen LogP contribution is 2.18. The smallest absolute Gasteiger partial charge is 0.260 e. The first kappa shape index (κ1) is 12.3. The van der Waals surface area contributed by atoms with Gasteiger partial charge in [0, 0.05) is 18.0 Å². The van der Waals surface area contributed by atoms with Crippen molar-refractivity contribution in [1.29, 1.82) is 0 Å². The highest BCUT2D eigenvalue weighted by Gasteiger charge is 2.24. The zero-order chi connectivity index (χ0) is 12.3. The summed E-state index contributed by atoms with van der Waals surface area (Å²) < 4.78 is 25.8. The molecule has 92 valence electrons. The summed E-state index contributed by atoms with van der Waals surface area (Å²) in [6.07, 6.45) is 1.44. The number of nitrogens with zero attached hydrogens (tertiary/aromatic N) is 2. The topological polar surface area (TPSA) is 66.1 Å². The van der Waals surface area contributed by atoms with Crippen molar-refractivity contribution in [1.82, 2.24) is 14.5 Å². The van der Waals surface area contributed by atoms with Gasteiger partial charge in [0.15, 0.2) is 5.03 Å². The number of nitrogens with one attached hydrogen (secondary N) is 1. The Morgan fingerprint density at radius 2 is 2.29 bits per heavy atom. The lowest BCUT2D eigenvalue weighted by molar-refractivity contribution is 0.424. The molecule has 5 nitrogen and oxygen atoms in total. The maximum Gasteiger partial charge on any atom is 0.260 e. The number of rotatable bonds is 5. The van der Waals surface area contributed by atoms with Crippen LogP contribution in [0.2, 0.25) is 0 Å². The molecule has 0 bridgehead atoms. The Labute approximate surface area is 104 Å². The van der Waals surface area contributed by atoms with Crippen molar-refractivity contribution in [3.63, 3.8) is 0 Å². The minimum Gasteiger partial charge on any atom is -0.266 e. The van der Waals surface area contributed by atoms with Crippen LogP contribution in [0.5, 0.6) is 0 Å². The fraction of sp³-hybridized carbons (Fsp3) is 0.300. The van der Waals surface area contributed by atoms with Crippen LogP contribution in [0.25, 0.3) is 0 Å². The molecule has 7 heteroatoms. The minimum absolute atomic E-state index is 0.135. The van der Waals surface area contributed by atoms with E-state index in [2.05, 4.69) is 10.2 Å². The van der Waals surface area contributed by atoms with Crippen LogP contribution in [0, 0.1) is 0 Å². The van der Waals surface area contributed by atoms with Crippen molar-refractivity contribution in [2.75, 3.05) is 6.54 Å². The summed E-state index contributed by atoms with van der Waals surface area (Å²) in [6, 6.07) is 5.30. The Balaban J connectivity index is 2.24. The molecule has 2 aromatic heterocycles. The lowest BCUT2D eigenvalue weighted by Crippen LogP contribution is -2.30. The van der Waals surface area contributed by atoms with Gasteiger partial charge in [-0.25, -0.2) is 8.42 Å². The second kappa shape index (κ2) is 4.99. The SMILES string of the molecule is CCN(Cc1cccs1)S(=O)(=O)c1ccn[nH]1. The third-order valence-electron chi connectivity index (χ3n) is 2.36. The Hall–Kier alpha value is -1.18. The number of thiophene rings is 1. The Morgan fingerprint density at radius 1 is 1.47 bits per heavy atom. The van der Waals surface area contributed by atoms with Crippen molar-refractivity contribution >= 4 is 21.4 Å². The molecule has 0 spiro atoms. The van der Waals surface area contributed by atoms with E-state index in [4.69, 9.17) is 0 Å². The van der Waals surface area contributed by atoms with Gasteiger partial charge in [-0.3, -0.25) is 5.10 Å². The van der Waals surface area contributed by atoms with E-state index in [1.807, 2.05) is 24.4 Å². The molecule has 0 amide bonds. The molecule has 0 unspecified atom stereocenters. The standard InChI is InChI=1S/C10H13N3O2S2/c1-2-13(8-9-4-3-7-16-9)17(14,15)10-5-6-11-12-10/h3-7H,2,8H2,1H3,(H,11,12). The number of H-pyrrole nitrogens is 1. The van der Waals surface area contributed by atoms with Gasteiger partial charge in [-0.2, -0.15) is 9.40 Å². The van der Waals surface area contributed by atoms with Crippen molar-refractivity contribution in [3.8, 4) is 0 Å². The monoisotopic (exact) mass is 271 g/mol. The van der Waals surface area contributed by atoms with Crippen LogP contribution < -0.4 is 0 Å². The first-order valence-corrected chi connectivity index (χ1v) is 7.48. The summed E-state index contributed by atoms with van der Waals surface area (Å²) in [5.74, 6) is 0. The molecule has 0 atom stereocenters. The van der Waals surface area contributed by atoms with E-state index < -0.39 is 10.0 Å². The van der Waals surface area contributed by atoms with E-state index in [-0.39, 0.29) is 5.03 Å². The summed E-state index contributed by atoms with van der Waals surface area (Å²) >= 11 is 1.55. The highest BCUT2D eigenvalue weighted by atomic mass is 32.2. The van der Waals surface area contributed by atoms with Crippen LogP contribution in [0.15, 0.2) is 34.8 Å². The lowest BCUT2D eigenvalue weighted by atomic mass is 10.4. The molecule has 2 rings (SSSR count). The lowest BCUT2D eigenvalue weighted by Gasteiger charge is -2.18. The Bertz CT molecular complexity index is 546. The van der Waals surface area contributed by atoms with Gasteiger partial charge in [0.2, 0.25) is 0 Å². The summed E-state index contributed by atoms with van der Waals surface area (Å²) in [7, 11) is -3.46. The maximum absolute atomic E-state index is 12.2. The van der Waals surface area contributed by atoms with Gasteiger partial charge < -0.3 is 0 Å². The van der Waals surface area contributed by atoms with Gasteiger partial charge in [-0.15, -0.1) is 11.3 Å². The van der Waals surface area contributed by atoms with E-state index in [9.17, 15) is 8.42 Å². The van der Waals surface area contributed by atoms with Crippen LogP contribution >= 0.6 is 11.3 Å². The quantitative estimate of drug-likeness (QED) is 0.899. The number of aromatic amines is 1. The van der Waals surface area contributed by atoms with Crippen LogP contribution in [0.3, 0.4) is 0 Å². The molecular weight excluding hydrogens is 258 g/mol. The molecule has 0 aliphatic carbocycles. The van der Waals surface area contributed by atoms with Crippen molar-refractivity contribution < 1.29 is 8.42 Å². The van der Waals surface area contributed by atoms with Gasteiger partial charge in [0.1, 0.15) is 0 Å². The highest BCUT2D eigenvalue weighted by molar-refractivity contribution is 7.89. The Morgan fingerprint density at radius 3 is 2.82 bits per heavy atom. The summed E-state index contributed by atoms with van der Waals surface area (Å²) in [5, 5.41) is 8.24. The third kappa shape index (κ3) is 2.56. The molecule has 1 N–H and O–H groups in total. The van der Waals surface area contributed by atoms with E-state index in [0.717, 1.165) is 4.88 Å². The van der Waals surface area contributed by atoms with E-state index >= 15 is 0 Å². The molecule has 0 aliphatic heterocycles. The molecule has 0 saturated heterocycles. The largest absolute Gasteiger partial charge is 0.266 e. The number of hydrogen-bond donors (Lipinski definition) is 1. The molecule has 0 radical (unpaired) electrons. The van der Waals surface area contributed by atoms with Crippen LogP contribution in [-0.4, -0.2) is 29.5 Å². The molecule has 0 aliphatic rings. The average molecular weight is 271 g/mol. The zero-order valence-electron chi connectivity index (χ0n) is 9.33. The number of hydrogen-bond acceptors (Lipinski definition) is 4. The molecular formula is C10H13N3O2S2. The normalized spacial score (nSPS) is 12.1. The van der Waals surface area contributed by atoms with Gasteiger partial charge in [-0.05, 0) is 17.5 Å². The second-order valence-electron chi connectivity index (χ2n) is 3.43. The molecule has 17 heavy (non-hydrogen) atoms. The minimum atomic E-state index is -3.46. The fourth-order valence-corrected chi connectivity index (χ4v) is 3.60. The third-order valence-corrected chi connectivity index (χ3v) is 5.07. The van der Waals surface area contributed by atoms with E-state index in [1.54, 1.807) is 11.3 Å². The number of sulfonamides is 1. The molecule has 0 saturated carbocycles. The van der Waals surface area contributed by atoms with Crippen molar-refractivity contribution in [3.05, 3.63) is 34.7 Å². The van der Waals surface area contributed by atoms with Crippen molar-refractivity contribution in [2.24, 2.45) is 0 Å².